The summed E-state index contributed by atoms with van der Waals surface area (Å²) in [6, 6.07) is 0. The lowest BCUT2D eigenvalue weighted by Crippen LogP contribution is -2.67. The Hall–Kier alpha value is -1.57. The second kappa shape index (κ2) is 6.05. The molecular formula is C13H21NO6S. The molecule has 0 aromatic carbocycles. The third-order valence-electron chi connectivity index (χ3n) is 3.21. The van der Waals surface area contributed by atoms with Crippen LogP contribution in [0.1, 0.15) is 27.7 Å². The van der Waals surface area contributed by atoms with E-state index in [1.165, 1.54) is 13.0 Å². The Morgan fingerprint density at radius 3 is 2.48 bits per heavy atom. The third-order valence-corrected chi connectivity index (χ3v) is 5.99. The van der Waals surface area contributed by atoms with E-state index in [0.717, 1.165) is 0 Å². The first-order chi connectivity index (χ1) is 9.52. The Balaban J connectivity index is 2.79. The Labute approximate surface area is 124 Å². The molecular weight excluding hydrogens is 298 g/mol. The van der Waals surface area contributed by atoms with Crippen molar-refractivity contribution in [2.75, 3.05) is 6.61 Å². The number of rotatable bonds is 5. The minimum Gasteiger partial charge on any atom is -0.430 e. The van der Waals surface area contributed by atoms with Crippen LogP contribution in [0.3, 0.4) is 0 Å². The van der Waals surface area contributed by atoms with E-state index in [-0.39, 0.29) is 6.61 Å². The van der Waals surface area contributed by atoms with Crippen LogP contribution in [-0.2, 0) is 24.1 Å². The largest absolute Gasteiger partial charge is 0.508 e. The molecule has 0 radical (unpaired) electrons. The van der Waals surface area contributed by atoms with Gasteiger partial charge < -0.3 is 14.8 Å². The molecule has 120 valence electrons. The summed E-state index contributed by atoms with van der Waals surface area (Å²) in [7, 11) is -3.60. The summed E-state index contributed by atoms with van der Waals surface area (Å²) in [4.78, 5) is 23.0. The van der Waals surface area contributed by atoms with Gasteiger partial charge in [-0.1, -0.05) is 12.7 Å². The van der Waals surface area contributed by atoms with Crippen molar-refractivity contribution in [1.29, 1.82) is 0 Å². The second-order valence-electron chi connectivity index (χ2n) is 5.79. The third kappa shape index (κ3) is 3.55. The molecule has 21 heavy (non-hydrogen) atoms. The van der Waals surface area contributed by atoms with E-state index >= 15 is 0 Å². The van der Waals surface area contributed by atoms with Crippen molar-refractivity contribution >= 4 is 21.9 Å². The van der Waals surface area contributed by atoms with Crippen LogP contribution in [-0.4, -0.2) is 43.3 Å². The van der Waals surface area contributed by atoms with E-state index in [0.29, 0.717) is 0 Å². The molecule has 1 N–H and O–H groups in total. The number of ether oxygens (including phenoxy) is 2. The molecule has 1 heterocycles. The monoisotopic (exact) mass is 319 g/mol. The highest BCUT2D eigenvalue weighted by Crippen LogP contribution is 2.32. The Kier molecular flexibility index (Phi) is 5.03. The van der Waals surface area contributed by atoms with Crippen molar-refractivity contribution < 1.29 is 27.5 Å². The number of nitrogens with one attached hydrogen (secondary N) is 1. The molecule has 0 aliphatic carbocycles. The number of carbonyl (C=O) groups is 2. The fourth-order valence-corrected chi connectivity index (χ4v) is 3.63. The maximum absolute atomic E-state index is 12.4. The molecule has 0 saturated carbocycles. The van der Waals surface area contributed by atoms with Crippen LogP contribution in [0.2, 0.25) is 0 Å². The number of hydrogen-bond acceptors (Lipinski definition) is 6. The van der Waals surface area contributed by atoms with Crippen molar-refractivity contribution in [3.8, 4) is 0 Å². The average molecular weight is 319 g/mol. The van der Waals surface area contributed by atoms with Gasteiger partial charge in [-0.05, 0) is 27.7 Å². The maximum Gasteiger partial charge on any atom is 0.508 e. The molecule has 7 nitrogen and oxygen atoms in total. The molecule has 0 aromatic heterocycles. The SMILES string of the molecule is C=CCOC(=O)OC(C)[C@H]1C(=O)N[C@@H]1S(=O)(=O)C(C)(C)C. The molecule has 1 rings (SSSR count). The number of hydrogen-bond donors (Lipinski definition) is 1. The van der Waals surface area contributed by atoms with Gasteiger partial charge in [-0.15, -0.1) is 0 Å². The fraction of sp³-hybridized carbons (Fsp3) is 0.692. The highest BCUT2D eigenvalue weighted by atomic mass is 32.2. The molecule has 1 unspecified atom stereocenters. The first-order valence-electron chi connectivity index (χ1n) is 6.50. The van der Waals surface area contributed by atoms with E-state index in [2.05, 4.69) is 16.6 Å². The normalized spacial score (nSPS) is 23.5. The van der Waals surface area contributed by atoms with Gasteiger partial charge in [0.2, 0.25) is 5.91 Å². The summed E-state index contributed by atoms with van der Waals surface area (Å²) in [6.07, 6.45) is -0.498. The van der Waals surface area contributed by atoms with Crippen LogP contribution in [0.25, 0.3) is 0 Å². The lowest BCUT2D eigenvalue weighted by Gasteiger charge is -2.41. The molecule has 1 amide bonds. The van der Waals surface area contributed by atoms with Gasteiger partial charge in [0.15, 0.2) is 9.84 Å². The molecule has 1 saturated heterocycles. The van der Waals surface area contributed by atoms with E-state index in [9.17, 15) is 18.0 Å². The van der Waals surface area contributed by atoms with Crippen LogP contribution in [0, 0.1) is 5.92 Å². The Morgan fingerprint density at radius 2 is 2.05 bits per heavy atom. The van der Waals surface area contributed by atoms with Gasteiger partial charge >= 0.3 is 6.16 Å². The smallest absolute Gasteiger partial charge is 0.430 e. The molecule has 3 atom stereocenters. The van der Waals surface area contributed by atoms with E-state index < -0.39 is 44.0 Å². The summed E-state index contributed by atoms with van der Waals surface area (Å²) < 4.78 is 33.3. The Bertz CT molecular complexity index is 533. The number of sulfone groups is 1. The summed E-state index contributed by atoms with van der Waals surface area (Å²) in [6.45, 7) is 9.47. The summed E-state index contributed by atoms with van der Waals surface area (Å²) in [5.74, 6) is -1.40. The van der Waals surface area contributed by atoms with Crippen LogP contribution >= 0.6 is 0 Å². The van der Waals surface area contributed by atoms with Gasteiger partial charge in [-0.2, -0.15) is 0 Å². The van der Waals surface area contributed by atoms with Crippen molar-refractivity contribution in [2.45, 2.75) is 43.9 Å². The van der Waals surface area contributed by atoms with Crippen molar-refractivity contribution in [1.82, 2.24) is 5.32 Å². The van der Waals surface area contributed by atoms with Gasteiger partial charge in [0.25, 0.3) is 0 Å². The number of amides is 1. The van der Waals surface area contributed by atoms with Gasteiger partial charge in [0, 0.05) is 0 Å². The molecule has 8 heteroatoms. The number of β-lactam (4-membered cyclic amide) rings is 1. The average Bonchev–Trinajstić information content (AvgIpc) is 2.31. The lowest BCUT2D eigenvalue weighted by molar-refractivity contribution is -0.138. The standard InChI is InChI=1S/C13H21NO6S/c1-6-7-19-12(16)20-8(2)9-10(15)14-11(9)21(17,18)13(3,4)5/h6,8-9,11H,1,7H2,2-5H3,(H,14,15)/t8?,9-,11+/m0/s1. The van der Waals surface area contributed by atoms with Crippen molar-refractivity contribution in [3.05, 3.63) is 12.7 Å². The van der Waals surface area contributed by atoms with Crippen LogP contribution < -0.4 is 5.32 Å². The van der Waals surface area contributed by atoms with Crippen molar-refractivity contribution in [3.63, 3.8) is 0 Å². The minimum atomic E-state index is -3.60. The van der Waals surface area contributed by atoms with E-state index in [4.69, 9.17) is 4.74 Å². The first-order valence-corrected chi connectivity index (χ1v) is 8.05. The molecule has 1 aliphatic heterocycles. The molecule has 0 spiro atoms. The lowest BCUT2D eigenvalue weighted by atomic mass is 9.96. The Morgan fingerprint density at radius 1 is 1.48 bits per heavy atom. The topological polar surface area (TPSA) is 98.8 Å². The maximum atomic E-state index is 12.4. The summed E-state index contributed by atoms with van der Waals surface area (Å²) in [5, 5.41) is 1.30. The quantitative estimate of drug-likeness (QED) is 0.461. The predicted octanol–water partition coefficient (Wildman–Crippen LogP) is 0.999. The zero-order valence-corrected chi connectivity index (χ0v) is 13.4. The zero-order chi connectivity index (χ0) is 16.4. The molecule has 1 aliphatic rings. The second-order valence-corrected chi connectivity index (χ2v) is 8.61. The van der Waals surface area contributed by atoms with Gasteiger partial charge in [0.05, 0.1) is 4.75 Å². The zero-order valence-electron chi connectivity index (χ0n) is 12.6. The van der Waals surface area contributed by atoms with Crippen LogP contribution in [0.5, 0.6) is 0 Å². The molecule has 1 fully saturated rings. The summed E-state index contributed by atoms with van der Waals surface area (Å²) in [5.41, 5.74) is 0. The molecule has 0 bridgehead atoms. The summed E-state index contributed by atoms with van der Waals surface area (Å²) >= 11 is 0. The van der Waals surface area contributed by atoms with Crippen LogP contribution in [0.4, 0.5) is 4.79 Å². The van der Waals surface area contributed by atoms with Gasteiger partial charge in [0.1, 0.15) is 24.0 Å². The fourth-order valence-electron chi connectivity index (χ4n) is 1.86. The highest BCUT2D eigenvalue weighted by Gasteiger charge is 2.54. The van der Waals surface area contributed by atoms with Crippen molar-refractivity contribution in [2.24, 2.45) is 5.92 Å². The van der Waals surface area contributed by atoms with Gasteiger partial charge in [-0.25, -0.2) is 13.2 Å². The minimum absolute atomic E-state index is 0.0217. The predicted molar refractivity (Wildman–Crippen MR) is 76.2 cm³/mol. The number of carbonyl (C=O) groups excluding carboxylic acids is 2. The van der Waals surface area contributed by atoms with Gasteiger partial charge in [-0.3, -0.25) is 4.79 Å². The van der Waals surface area contributed by atoms with E-state index in [1.807, 2.05) is 0 Å². The highest BCUT2D eigenvalue weighted by molar-refractivity contribution is 7.93. The molecule has 0 aromatic rings. The first kappa shape index (κ1) is 17.5. The van der Waals surface area contributed by atoms with Crippen LogP contribution in [0.15, 0.2) is 12.7 Å². The van der Waals surface area contributed by atoms with E-state index in [1.54, 1.807) is 20.8 Å².